The number of likely N-dealkylation sites (tertiary alicyclic amines) is 1. The van der Waals surface area contributed by atoms with Crippen molar-refractivity contribution in [1.82, 2.24) is 15.1 Å². The molecule has 108 valence electrons. The van der Waals surface area contributed by atoms with Crippen molar-refractivity contribution in [2.24, 2.45) is 11.3 Å². The van der Waals surface area contributed by atoms with E-state index >= 15 is 0 Å². The highest BCUT2D eigenvalue weighted by Crippen LogP contribution is 2.34. The van der Waals surface area contributed by atoms with E-state index in [2.05, 4.69) is 42.9 Å². The lowest BCUT2D eigenvalue weighted by atomic mass is 9.73. The van der Waals surface area contributed by atoms with Crippen LogP contribution < -0.4 is 5.32 Å². The van der Waals surface area contributed by atoms with Gasteiger partial charge in [0.25, 0.3) is 0 Å². The molecule has 1 unspecified atom stereocenters. The van der Waals surface area contributed by atoms with Crippen LogP contribution in [0.5, 0.6) is 0 Å². The second-order valence-electron chi connectivity index (χ2n) is 6.62. The molecule has 1 fully saturated rings. The van der Waals surface area contributed by atoms with Gasteiger partial charge in [-0.3, -0.25) is 0 Å². The Hall–Kier alpha value is -0.120. The third-order valence-corrected chi connectivity index (χ3v) is 4.34. The van der Waals surface area contributed by atoms with Crippen LogP contribution in [0.25, 0.3) is 0 Å². The largest absolute Gasteiger partial charge is 0.318 e. The molecule has 3 nitrogen and oxygen atoms in total. The minimum Gasteiger partial charge on any atom is -0.318 e. The summed E-state index contributed by atoms with van der Waals surface area (Å²) in [4.78, 5) is 5.13. The fourth-order valence-electron chi connectivity index (χ4n) is 3.20. The van der Waals surface area contributed by atoms with Crippen molar-refractivity contribution in [2.75, 3.05) is 53.4 Å². The molecule has 0 radical (unpaired) electrons. The van der Waals surface area contributed by atoms with Crippen molar-refractivity contribution in [1.29, 1.82) is 0 Å². The van der Waals surface area contributed by atoms with Gasteiger partial charge in [0.15, 0.2) is 0 Å². The second kappa shape index (κ2) is 7.46. The zero-order valence-corrected chi connectivity index (χ0v) is 13.1. The molecule has 1 atom stereocenters. The van der Waals surface area contributed by atoms with Crippen molar-refractivity contribution in [3.05, 3.63) is 0 Å². The zero-order valence-electron chi connectivity index (χ0n) is 13.1. The number of rotatable bonds is 7. The molecule has 1 saturated heterocycles. The smallest absolute Gasteiger partial charge is 0.0107 e. The maximum Gasteiger partial charge on any atom is 0.0107 e. The number of nitrogens with one attached hydrogen (secondary N) is 1. The molecule has 0 aromatic heterocycles. The Morgan fingerprint density at radius 2 is 2.06 bits per heavy atom. The van der Waals surface area contributed by atoms with Gasteiger partial charge in [-0.1, -0.05) is 20.8 Å². The summed E-state index contributed by atoms with van der Waals surface area (Å²) < 4.78 is 0. The first-order chi connectivity index (χ1) is 8.49. The summed E-state index contributed by atoms with van der Waals surface area (Å²) in [6.07, 6.45) is 2.61. The van der Waals surface area contributed by atoms with Crippen LogP contribution in [-0.4, -0.2) is 63.2 Å². The predicted octanol–water partition coefficient (Wildman–Crippen LogP) is 1.90. The first-order valence-electron chi connectivity index (χ1n) is 7.55. The van der Waals surface area contributed by atoms with E-state index in [4.69, 9.17) is 0 Å². The molecule has 1 N–H and O–H groups in total. The topological polar surface area (TPSA) is 18.5 Å². The van der Waals surface area contributed by atoms with E-state index in [9.17, 15) is 0 Å². The summed E-state index contributed by atoms with van der Waals surface area (Å²) in [5, 5.41) is 3.27. The number of nitrogens with zero attached hydrogens (tertiary/aromatic N) is 2. The number of likely N-dealkylation sites (N-methyl/N-ethyl adjacent to an activating group) is 1. The molecule has 0 aliphatic carbocycles. The maximum absolute atomic E-state index is 3.27. The number of hydrogen-bond acceptors (Lipinski definition) is 3. The third kappa shape index (κ3) is 4.87. The molecule has 0 amide bonds. The molecule has 0 aromatic rings. The summed E-state index contributed by atoms with van der Waals surface area (Å²) >= 11 is 0. The van der Waals surface area contributed by atoms with E-state index in [0.29, 0.717) is 5.41 Å². The van der Waals surface area contributed by atoms with Crippen LogP contribution in [-0.2, 0) is 0 Å². The molecular weight excluding hydrogens is 222 g/mol. The fourth-order valence-corrected chi connectivity index (χ4v) is 3.20. The lowest BCUT2D eigenvalue weighted by Gasteiger charge is -2.45. The average Bonchev–Trinajstić information content (AvgIpc) is 2.29. The van der Waals surface area contributed by atoms with E-state index in [1.807, 2.05) is 7.05 Å². The molecule has 1 heterocycles. The van der Waals surface area contributed by atoms with Crippen LogP contribution in [0.15, 0.2) is 0 Å². The first-order valence-corrected chi connectivity index (χ1v) is 7.55. The molecule has 0 bridgehead atoms. The third-order valence-electron chi connectivity index (χ3n) is 4.34. The van der Waals surface area contributed by atoms with Gasteiger partial charge in [-0.2, -0.15) is 0 Å². The van der Waals surface area contributed by atoms with Crippen molar-refractivity contribution in [2.45, 2.75) is 33.6 Å². The standard InChI is InChI=1S/C15H33N3/c1-6-9-18(11-8-16-4)12-14-7-10-17(5)13-15(14,2)3/h14,16H,6-13H2,1-5H3. The van der Waals surface area contributed by atoms with Gasteiger partial charge in [-0.05, 0) is 51.4 Å². The Morgan fingerprint density at radius 3 is 2.61 bits per heavy atom. The highest BCUT2D eigenvalue weighted by molar-refractivity contribution is 4.87. The van der Waals surface area contributed by atoms with Crippen LogP contribution in [0, 0.1) is 11.3 Å². The van der Waals surface area contributed by atoms with Crippen molar-refractivity contribution < 1.29 is 0 Å². The monoisotopic (exact) mass is 255 g/mol. The van der Waals surface area contributed by atoms with E-state index in [0.717, 1.165) is 12.5 Å². The molecule has 0 saturated carbocycles. The molecule has 18 heavy (non-hydrogen) atoms. The average molecular weight is 255 g/mol. The Morgan fingerprint density at radius 1 is 1.33 bits per heavy atom. The summed E-state index contributed by atoms with van der Waals surface area (Å²) in [5.41, 5.74) is 0.457. The quantitative estimate of drug-likeness (QED) is 0.749. The minimum atomic E-state index is 0.457. The highest BCUT2D eigenvalue weighted by atomic mass is 15.2. The van der Waals surface area contributed by atoms with Gasteiger partial charge in [-0.15, -0.1) is 0 Å². The van der Waals surface area contributed by atoms with Gasteiger partial charge in [-0.25, -0.2) is 0 Å². The van der Waals surface area contributed by atoms with Crippen LogP contribution >= 0.6 is 0 Å². The van der Waals surface area contributed by atoms with Crippen molar-refractivity contribution in [3.63, 3.8) is 0 Å². The lowest BCUT2D eigenvalue weighted by molar-refractivity contribution is 0.0451. The summed E-state index contributed by atoms with van der Waals surface area (Å²) in [6, 6.07) is 0. The summed E-state index contributed by atoms with van der Waals surface area (Å²) in [5.74, 6) is 0.845. The van der Waals surface area contributed by atoms with Gasteiger partial charge < -0.3 is 15.1 Å². The van der Waals surface area contributed by atoms with E-state index in [1.54, 1.807) is 0 Å². The normalized spacial score (nSPS) is 24.7. The maximum atomic E-state index is 3.27. The number of piperidine rings is 1. The molecule has 0 aromatic carbocycles. The van der Waals surface area contributed by atoms with E-state index in [1.165, 1.54) is 45.6 Å². The summed E-state index contributed by atoms with van der Waals surface area (Å²) in [7, 11) is 4.30. The van der Waals surface area contributed by atoms with E-state index < -0.39 is 0 Å². The molecule has 3 heteroatoms. The van der Waals surface area contributed by atoms with Crippen LogP contribution in [0.2, 0.25) is 0 Å². The zero-order chi connectivity index (χ0) is 13.6. The Kier molecular flexibility index (Phi) is 6.61. The Balaban J connectivity index is 2.50. The SMILES string of the molecule is CCCN(CCNC)CC1CCN(C)CC1(C)C. The molecule has 0 spiro atoms. The Labute approximate surface area is 114 Å². The highest BCUT2D eigenvalue weighted by Gasteiger charge is 2.35. The lowest BCUT2D eigenvalue weighted by Crippen LogP contribution is -2.48. The van der Waals surface area contributed by atoms with Crippen molar-refractivity contribution >= 4 is 0 Å². The van der Waals surface area contributed by atoms with Gasteiger partial charge in [0.2, 0.25) is 0 Å². The summed E-state index contributed by atoms with van der Waals surface area (Å²) in [6.45, 7) is 14.5. The second-order valence-corrected chi connectivity index (χ2v) is 6.62. The molecule has 1 aliphatic rings. The van der Waals surface area contributed by atoms with Gasteiger partial charge in [0.1, 0.15) is 0 Å². The van der Waals surface area contributed by atoms with Crippen LogP contribution in [0.4, 0.5) is 0 Å². The first kappa shape index (κ1) is 15.9. The molecule has 1 rings (SSSR count). The van der Waals surface area contributed by atoms with Gasteiger partial charge >= 0.3 is 0 Å². The fraction of sp³-hybridized carbons (Fsp3) is 1.00. The molecular formula is C15H33N3. The van der Waals surface area contributed by atoms with E-state index in [-0.39, 0.29) is 0 Å². The van der Waals surface area contributed by atoms with Crippen LogP contribution in [0.1, 0.15) is 33.6 Å². The number of hydrogen-bond donors (Lipinski definition) is 1. The van der Waals surface area contributed by atoms with Crippen molar-refractivity contribution in [3.8, 4) is 0 Å². The predicted molar refractivity (Wildman–Crippen MR) is 80.0 cm³/mol. The Bertz CT molecular complexity index is 228. The minimum absolute atomic E-state index is 0.457. The van der Waals surface area contributed by atoms with Crippen LogP contribution in [0.3, 0.4) is 0 Å². The molecule has 1 aliphatic heterocycles. The van der Waals surface area contributed by atoms with Gasteiger partial charge in [0.05, 0.1) is 0 Å². The van der Waals surface area contributed by atoms with Gasteiger partial charge in [0, 0.05) is 26.2 Å².